The van der Waals surface area contributed by atoms with Crippen molar-refractivity contribution in [2.45, 2.75) is 13.3 Å². The Morgan fingerprint density at radius 3 is 2.75 bits per heavy atom. The third-order valence-electron chi connectivity index (χ3n) is 3.48. The highest BCUT2D eigenvalue weighted by molar-refractivity contribution is 9.10. The molecule has 0 N–H and O–H groups in total. The molecule has 4 nitrogen and oxygen atoms in total. The summed E-state index contributed by atoms with van der Waals surface area (Å²) in [6.07, 6.45) is 1.31. The van der Waals surface area contributed by atoms with E-state index in [2.05, 4.69) is 20.9 Å². The predicted octanol–water partition coefficient (Wildman–Crippen LogP) is 4.93. The Labute approximate surface area is 148 Å². The van der Waals surface area contributed by atoms with Crippen LogP contribution in [0.5, 0.6) is 17.4 Å². The molecule has 0 saturated heterocycles. The summed E-state index contributed by atoms with van der Waals surface area (Å²) in [5.74, 6) is 1.96. The van der Waals surface area contributed by atoms with E-state index >= 15 is 0 Å². The molecule has 2 aromatic carbocycles. The van der Waals surface area contributed by atoms with Crippen LogP contribution in [0.2, 0.25) is 0 Å². The summed E-state index contributed by atoms with van der Waals surface area (Å²) >= 11 is 3.49. The average molecular weight is 386 g/mol. The van der Waals surface area contributed by atoms with Crippen molar-refractivity contribution >= 4 is 33.1 Å². The zero-order valence-corrected chi connectivity index (χ0v) is 14.7. The van der Waals surface area contributed by atoms with E-state index in [9.17, 15) is 4.79 Å². The van der Waals surface area contributed by atoms with Crippen molar-refractivity contribution in [3.63, 3.8) is 0 Å². The average Bonchev–Trinajstić information content (AvgIpc) is 2.58. The van der Waals surface area contributed by atoms with Crippen LogP contribution in [0.25, 0.3) is 10.9 Å². The van der Waals surface area contributed by atoms with Gasteiger partial charge in [0.15, 0.2) is 0 Å². The van der Waals surface area contributed by atoms with Crippen LogP contribution >= 0.6 is 15.9 Å². The molecule has 122 valence electrons. The topological polar surface area (TPSA) is 48.4 Å². The molecular formula is C19H16BrNO3. The lowest BCUT2D eigenvalue weighted by atomic mass is 10.1. The van der Waals surface area contributed by atoms with Crippen molar-refractivity contribution in [3.8, 4) is 17.4 Å². The molecule has 0 bridgehead atoms. The number of rotatable bonds is 6. The van der Waals surface area contributed by atoms with E-state index in [-0.39, 0.29) is 0 Å². The second-order valence-corrected chi connectivity index (χ2v) is 6.03. The van der Waals surface area contributed by atoms with E-state index in [1.54, 1.807) is 0 Å². The smallest absolute Gasteiger partial charge is 0.219 e. The molecule has 0 amide bonds. The van der Waals surface area contributed by atoms with Crippen molar-refractivity contribution in [1.82, 2.24) is 4.98 Å². The standard InChI is InChI=1S/C19H16BrNO3/c1-2-23-15-5-7-18(16(20)12-15)24-19-8-4-14-11-13(9-10-22)3-6-17(14)21-19/h3-8,10-12H,2,9H2,1H3. The van der Waals surface area contributed by atoms with Gasteiger partial charge >= 0.3 is 0 Å². The Hall–Kier alpha value is -2.40. The summed E-state index contributed by atoms with van der Waals surface area (Å²) < 4.78 is 12.1. The fourth-order valence-corrected chi connectivity index (χ4v) is 2.81. The minimum absolute atomic E-state index is 0.410. The van der Waals surface area contributed by atoms with E-state index in [0.717, 1.165) is 33.0 Å². The molecule has 0 aliphatic carbocycles. The van der Waals surface area contributed by atoms with E-state index in [1.165, 1.54) is 0 Å². The van der Waals surface area contributed by atoms with Crippen LogP contribution in [0, 0.1) is 0 Å². The molecule has 1 aromatic heterocycles. The van der Waals surface area contributed by atoms with Crippen LogP contribution in [-0.2, 0) is 11.2 Å². The van der Waals surface area contributed by atoms with E-state index < -0.39 is 0 Å². The maximum absolute atomic E-state index is 10.6. The van der Waals surface area contributed by atoms with Gasteiger partial charge in [-0.25, -0.2) is 4.98 Å². The molecule has 5 heteroatoms. The van der Waals surface area contributed by atoms with Gasteiger partial charge in [-0.3, -0.25) is 0 Å². The van der Waals surface area contributed by atoms with Crippen molar-refractivity contribution < 1.29 is 14.3 Å². The van der Waals surface area contributed by atoms with Crippen LogP contribution in [0.3, 0.4) is 0 Å². The maximum Gasteiger partial charge on any atom is 0.219 e. The van der Waals surface area contributed by atoms with Crippen LogP contribution in [0.15, 0.2) is 53.0 Å². The Morgan fingerprint density at radius 1 is 1.12 bits per heavy atom. The van der Waals surface area contributed by atoms with E-state index in [0.29, 0.717) is 24.7 Å². The van der Waals surface area contributed by atoms with Crippen molar-refractivity contribution in [2.75, 3.05) is 6.61 Å². The summed E-state index contributed by atoms with van der Waals surface area (Å²) in [5.41, 5.74) is 1.80. The summed E-state index contributed by atoms with van der Waals surface area (Å²) in [4.78, 5) is 15.1. The van der Waals surface area contributed by atoms with Crippen LogP contribution < -0.4 is 9.47 Å². The number of halogens is 1. The fourth-order valence-electron chi connectivity index (χ4n) is 2.37. The van der Waals surface area contributed by atoms with Crippen LogP contribution in [0.1, 0.15) is 12.5 Å². The molecule has 0 atom stereocenters. The minimum atomic E-state index is 0.410. The lowest BCUT2D eigenvalue weighted by Gasteiger charge is -2.10. The molecule has 0 spiro atoms. The first kappa shape index (κ1) is 16.5. The number of aldehydes is 1. The van der Waals surface area contributed by atoms with Gasteiger partial charge < -0.3 is 14.3 Å². The Bertz CT molecular complexity index is 880. The van der Waals surface area contributed by atoms with Gasteiger partial charge in [0.2, 0.25) is 5.88 Å². The zero-order chi connectivity index (χ0) is 16.9. The molecule has 24 heavy (non-hydrogen) atoms. The number of carbonyl (C=O) groups excluding carboxylic acids is 1. The molecule has 0 aliphatic heterocycles. The monoisotopic (exact) mass is 385 g/mol. The molecule has 0 fully saturated rings. The normalized spacial score (nSPS) is 10.6. The van der Waals surface area contributed by atoms with E-state index in [4.69, 9.17) is 9.47 Å². The molecule has 3 rings (SSSR count). The molecule has 0 aliphatic rings. The van der Waals surface area contributed by atoms with E-state index in [1.807, 2.05) is 55.5 Å². The van der Waals surface area contributed by atoms with Crippen molar-refractivity contribution in [2.24, 2.45) is 0 Å². The van der Waals surface area contributed by atoms with Gasteiger partial charge in [-0.15, -0.1) is 0 Å². The Morgan fingerprint density at radius 2 is 2.00 bits per heavy atom. The third-order valence-corrected chi connectivity index (χ3v) is 4.10. The van der Waals surface area contributed by atoms with Gasteiger partial charge in [-0.05, 0) is 64.8 Å². The minimum Gasteiger partial charge on any atom is -0.494 e. The third kappa shape index (κ3) is 3.74. The predicted molar refractivity (Wildman–Crippen MR) is 96.9 cm³/mol. The van der Waals surface area contributed by atoms with Crippen LogP contribution in [-0.4, -0.2) is 17.9 Å². The number of hydrogen-bond donors (Lipinski definition) is 0. The number of carbonyl (C=O) groups is 1. The number of fused-ring (bicyclic) bond motifs is 1. The molecule has 3 aromatic rings. The van der Waals surface area contributed by atoms with Crippen molar-refractivity contribution in [1.29, 1.82) is 0 Å². The summed E-state index contributed by atoms with van der Waals surface area (Å²) in [7, 11) is 0. The number of pyridine rings is 1. The number of aromatic nitrogens is 1. The number of nitrogens with zero attached hydrogens (tertiary/aromatic N) is 1. The van der Waals surface area contributed by atoms with Gasteiger partial charge in [-0.1, -0.05) is 6.07 Å². The number of hydrogen-bond acceptors (Lipinski definition) is 4. The summed E-state index contributed by atoms with van der Waals surface area (Å²) in [6.45, 7) is 2.56. The van der Waals surface area contributed by atoms with Gasteiger partial charge in [0.25, 0.3) is 0 Å². The first-order valence-electron chi connectivity index (χ1n) is 7.63. The fraction of sp³-hybridized carbons (Fsp3) is 0.158. The summed E-state index contributed by atoms with van der Waals surface area (Å²) in [5, 5.41) is 0.979. The van der Waals surface area contributed by atoms with Gasteiger partial charge in [-0.2, -0.15) is 0 Å². The van der Waals surface area contributed by atoms with Gasteiger partial charge in [0, 0.05) is 17.9 Å². The lowest BCUT2D eigenvalue weighted by Crippen LogP contribution is -1.93. The quantitative estimate of drug-likeness (QED) is 0.564. The maximum atomic E-state index is 10.6. The highest BCUT2D eigenvalue weighted by Gasteiger charge is 2.07. The molecule has 0 saturated carbocycles. The highest BCUT2D eigenvalue weighted by Crippen LogP contribution is 2.32. The molecule has 1 heterocycles. The largest absolute Gasteiger partial charge is 0.494 e. The Balaban J connectivity index is 1.85. The summed E-state index contributed by atoms with van der Waals surface area (Å²) in [6, 6.07) is 15.1. The molecule has 0 radical (unpaired) electrons. The SMILES string of the molecule is CCOc1ccc(Oc2ccc3cc(CC=O)ccc3n2)c(Br)c1. The highest BCUT2D eigenvalue weighted by atomic mass is 79.9. The first-order chi connectivity index (χ1) is 11.7. The van der Waals surface area contributed by atoms with Gasteiger partial charge in [0.1, 0.15) is 17.8 Å². The molecular weight excluding hydrogens is 370 g/mol. The number of ether oxygens (including phenoxy) is 2. The number of benzene rings is 2. The zero-order valence-electron chi connectivity index (χ0n) is 13.2. The lowest BCUT2D eigenvalue weighted by molar-refractivity contribution is -0.107. The second-order valence-electron chi connectivity index (χ2n) is 5.17. The van der Waals surface area contributed by atoms with Crippen molar-refractivity contribution in [3.05, 3.63) is 58.6 Å². The first-order valence-corrected chi connectivity index (χ1v) is 8.42. The second kappa shape index (κ2) is 7.45. The molecule has 0 unspecified atom stereocenters. The van der Waals surface area contributed by atoms with Crippen LogP contribution in [0.4, 0.5) is 0 Å². The van der Waals surface area contributed by atoms with Gasteiger partial charge in [0.05, 0.1) is 16.6 Å². The Kier molecular flexibility index (Phi) is 5.11.